The summed E-state index contributed by atoms with van der Waals surface area (Å²) in [5.41, 5.74) is 2.84. The van der Waals surface area contributed by atoms with Crippen molar-refractivity contribution in [1.29, 1.82) is 0 Å². The number of amides is 2. The lowest BCUT2D eigenvalue weighted by atomic mass is 10.1. The van der Waals surface area contributed by atoms with Crippen LogP contribution in [0.25, 0.3) is 0 Å². The zero-order valence-corrected chi connectivity index (χ0v) is 22.5. The summed E-state index contributed by atoms with van der Waals surface area (Å²) < 4.78 is 0. The highest BCUT2D eigenvalue weighted by molar-refractivity contribution is 7.99. The van der Waals surface area contributed by atoms with Gasteiger partial charge in [-0.1, -0.05) is 68.4 Å². The van der Waals surface area contributed by atoms with Crippen LogP contribution in [0.4, 0.5) is 5.69 Å². The molecule has 0 radical (unpaired) electrons. The normalized spacial score (nSPS) is 13.7. The lowest BCUT2D eigenvalue weighted by molar-refractivity contribution is 0.0941. The molecule has 1 unspecified atom stereocenters. The lowest BCUT2D eigenvalue weighted by Gasteiger charge is -2.24. The van der Waals surface area contributed by atoms with Crippen molar-refractivity contribution in [3.63, 3.8) is 0 Å². The van der Waals surface area contributed by atoms with Gasteiger partial charge in [0.1, 0.15) is 0 Å². The highest BCUT2D eigenvalue weighted by Gasteiger charge is 2.28. The number of hydrogen-bond donors (Lipinski definition) is 1. The van der Waals surface area contributed by atoms with Gasteiger partial charge in [-0.3, -0.25) is 9.59 Å². The van der Waals surface area contributed by atoms with Crippen LogP contribution < -0.4 is 10.2 Å². The number of anilines is 1. The van der Waals surface area contributed by atoms with Crippen molar-refractivity contribution >= 4 is 40.9 Å². The van der Waals surface area contributed by atoms with Crippen molar-refractivity contribution < 1.29 is 9.59 Å². The Labute approximate surface area is 222 Å². The van der Waals surface area contributed by atoms with Gasteiger partial charge in [0, 0.05) is 33.5 Å². The summed E-state index contributed by atoms with van der Waals surface area (Å²) in [5, 5.41) is 3.70. The molecule has 0 aromatic heterocycles. The molecule has 5 nitrogen and oxygen atoms in total. The summed E-state index contributed by atoms with van der Waals surface area (Å²) in [6.45, 7) is 10.3. The minimum Gasteiger partial charge on any atom is -0.352 e. The van der Waals surface area contributed by atoms with E-state index in [1.807, 2.05) is 66.7 Å². The third kappa shape index (κ3) is 6.12. The van der Waals surface area contributed by atoms with Gasteiger partial charge in [-0.05, 0) is 67.0 Å². The molecular formula is C29H32ClN3O2S. The second kappa shape index (κ2) is 12.0. The average Bonchev–Trinajstić information content (AvgIpc) is 3.00. The van der Waals surface area contributed by atoms with E-state index in [-0.39, 0.29) is 11.8 Å². The molecule has 1 N–H and O–H groups in total. The van der Waals surface area contributed by atoms with E-state index < -0.39 is 0 Å². The fraction of sp³-hybridized carbons (Fsp3) is 0.310. The summed E-state index contributed by atoms with van der Waals surface area (Å²) in [7, 11) is 0. The Kier molecular flexibility index (Phi) is 8.72. The molecule has 7 heteroatoms. The van der Waals surface area contributed by atoms with E-state index >= 15 is 0 Å². The fourth-order valence-electron chi connectivity index (χ4n) is 4.39. The maximum atomic E-state index is 13.7. The quantitative estimate of drug-likeness (QED) is 0.356. The molecule has 36 heavy (non-hydrogen) atoms. The van der Waals surface area contributed by atoms with E-state index in [1.165, 1.54) is 0 Å². The number of rotatable bonds is 9. The lowest BCUT2D eigenvalue weighted by Crippen LogP contribution is -2.35. The van der Waals surface area contributed by atoms with Crippen LogP contribution in [0, 0.1) is 5.92 Å². The third-order valence-electron chi connectivity index (χ3n) is 6.40. The van der Waals surface area contributed by atoms with E-state index in [4.69, 9.17) is 11.6 Å². The summed E-state index contributed by atoms with van der Waals surface area (Å²) in [4.78, 5) is 32.8. The Hall–Kier alpha value is -2.80. The Morgan fingerprint density at radius 2 is 1.81 bits per heavy atom. The van der Waals surface area contributed by atoms with Gasteiger partial charge in [0.2, 0.25) is 0 Å². The molecule has 1 atom stereocenters. The first-order chi connectivity index (χ1) is 17.4. The van der Waals surface area contributed by atoms with Gasteiger partial charge in [-0.2, -0.15) is 0 Å². The number of carbonyl (C=O) groups is 2. The maximum Gasteiger partial charge on any atom is 0.259 e. The van der Waals surface area contributed by atoms with Gasteiger partial charge in [0.25, 0.3) is 11.8 Å². The molecule has 0 bridgehead atoms. The van der Waals surface area contributed by atoms with Crippen LogP contribution in [0.5, 0.6) is 0 Å². The number of hydrogen-bond acceptors (Lipinski definition) is 4. The number of halogens is 1. The van der Waals surface area contributed by atoms with Gasteiger partial charge in [-0.15, -0.1) is 0 Å². The number of nitrogens with zero attached hydrogens (tertiary/aromatic N) is 2. The largest absolute Gasteiger partial charge is 0.352 e. The number of benzene rings is 3. The van der Waals surface area contributed by atoms with Gasteiger partial charge in [0.15, 0.2) is 0 Å². The molecule has 1 aliphatic heterocycles. The van der Waals surface area contributed by atoms with Crippen molar-refractivity contribution in [3.8, 4) is 0 Å². The molecule has 0 fully saturated rings. The minimum absolute atomic E-state index is 0.0952. The van der Waals surface area contributed by atoms with Crippen LogP contribution >= 0.6 is 23.4 Å². The molecule has 0 saturated carbocycles. The molecule has 188 valence electrons. The first-order valence-corrected chi connectivity index (χ1v) is 13.6. The monoisotopic (exact) mass is 521 g/mol. The topological polar surface area (TPSA) is 52.7 Å². The smallest absolute Gasteiger partial charge is 0.259 e. The van der Waals surface area contributed by atoms with Crippen LogP contribution in [0.2, 0.25) is 5.02 Å². The van der Waals surface area contributed by atoms with Gasteiger partial charge in [0.05, 0.1) is 17.8 Å². The van der Waals surface area contributed by atoms with Gasteiger partial charge >= 0.3 is 0 Å². The van der Waals surface area contributed by atoms with Crippen LogP contribution in [0.1, 0.15) is 47.1 Å². The number of fused-ring (bicyclic) bond motifs is 2. The van der Waals surface area contributed by atoms with Crippen molar-refractivity contribution in [3.05, 3.63) is 88.4 Å². The molecule has 4 rings (SSSR count). The highest BCUT2D eigenvalue weighted by atomic mass is 35.5. The van der Waals surface area contributed by atoms with E-state index in [9.17, 15) is 9.59 Å². The standard InChI is InChI=1S/C29H32ClN3O2S/c1-4-32(5-2)18-20(3)17-31-28(34)22-13-14-27-25(16-22)33(19-21-9-8-10-23(30)15-21)29(35)24-11-6-7-12-26(24)36-27/h6-16,20H,4-5,17-19H2,1-3H3,(H,31,34). The summed E-state index contributed by atoms with van der Waals surface area (Å²) in [6.07, 6.45) is 0. The van der Waals surface area contributed by atoms with E-state index in [0.29, 0.717) is 35.2 Å². The third-order valence-corrected chi connectivity index (χ3v) is 7.78. The zero-order chi connectivity index (χ0) is 25.7. The zero-order valence-electron chi connectivity index (χ0n) is 21.0. The van der Waals surface area contributed by atoms with Crippen LogP contribution in [-0.2, 0) is 6.54 Å². The predicted octanol–water partition coefficient (Wildman–Crippen LogP) is 6.36. The summed E-state index contributed by atoms with van der Waals surface area (Å²) in [6, 6.07) is 20.8. The first kappa shape index (κ1) is 26.3. The number of carbonyl (C=O) groups excluding carboxylic acids is 2. The summed E-state index contributed by atoms with van der Waals surface area (Å²) in [5.74, 6) is 0.106. The molecular weight excluding hydrogens is 490 g/mol. The predicted molar refractivity (Wildman–Crippen MR) is 148 cm³/mol. The second-order valence-corrected chi connectivity index (χ2v) is 10.6. The van der Waals surface area contributed by atoms with Crippen molar-refractivity contribution in [2.45, 2.75) is 37.1 Å². The van der Waals surface area contributed by atoms with Crippen molar-refractivity contribution in [2.75, 3.05) is 31.1 Å². The second-order valence-electron chi connectivity index (χ2n) is 9.10. The van der Waals surface area contributed by atoms with E-state index in [0.717, 1.165) is 40.7 Å². The number of nitrogens with one attached hydrogen (secondary N) is 1. The minimum atomic E-state index is -0.133. The molecule has 1 heterocycles. The van der Waals surface area contributed by atoms with Crippen molar-refractivity contribution in [2.24, 2.45) is 5.92 Å². The Morgan fingerprint density at radius 3 is 2.56 bits per heavy atom. The SMILES string of the molecule is CCN(CC)CC(C)CNC(=O)c1ccc2c(c1)N(Cc1cccc(Cl)c1)C(=O)c1ccccc1S2. The summed E-state index contributed by atoms with van der Waals surface area (Å²) >= 11 is 7.78. The molecule has 0 spiro atoms. The highest BCUT2D eigenvalue weighted by Crippen LogP contribution is 2.42. The molecule has 0 aliphatic carbocycles. The Morgan fingerprint density at radius 1 is 1.03 bits per heavy atom. The average molecular weight is 522 g/mol. The van der Waals surface area contributed by atoms with Crippen LogP contribution in [0.3, 0.4) is 0 Å². The van der Waals surface area contributed by atoms with E-state index in [1.54, 1.807) is 16.7 Å². The van der Waals surface area contributed by atoms with Crippen molar-refractivity contribution in [1.82, 2.24) is 10.2 Å². The molecule has 2 amide bonds. The first-order valence-electron chi connectivity index (χ1n) is 12.4. The van der Waals surface area contributed by atoms with Gasteiger partial charge < -0.3 is 15.1 Å². The van der Waals surface area contributed by atoms with Crippen LogP contribution in [0.15, 0.2) is 76.5 Å². The molecule has 3 aromatic rings. The fourth-order valence-corrected chi connectivity index (χ4v) is 5.66. The Balaban J connectivity index is 1.62. The molecule has 1 aliphatic rings. The molecule has 0 saturated heterocycles. The Bertz CT molecular complexity index is 1240. The van der Waals surface area contributed by atoms with Gasteiger partial charge in [-0.25, -0.2) is 0 Å². The van der Waals surface area contributed by atoms with E-state index in [2.05, 4.69) is 31.0 Å². The van der Waals surface area contributed by atoms with Crippen LogP contribution in [-0.4, -0.2) is 42.9 Å². The maximum absolute atomic E-state index is 13.7. The molecule has 3 aromatic carbocycles.